The lowest BCUT2D eigenvalue weighted by atomic mass is 9.96. The smallest absolute Gasteiger partial charge is 0.115 e. The Kier molecular flexibility index (Phi) is 3.33. The first kappa shape index (κ1) is 13.6. The van der Waals surface area contributed by atoms with E-state index in [0.29, 0.717) is 6.04 Å². The van der Waals surface area contributed by atoms with E-state index in [4.69, 9.17) is 4.98 Å². The van der Waals surface area contributed by atoms with Crippen LogP contribution in [0.5, 0.6) is 0 Å². The Bertz CT molecular complexity index is 613. The summed E-state index contributed by atoms with van der Waals surface area (Å²) in [7, 11) is 2.12. The maximum Gasteiger partial charge on any atom is 0.115 e. The van der Waals surface area contributed by atoms with E-state index in [1.165, 1.54) is 30.5 Å². The maximum absolute atomic E-state index is 4.86. The van der Waals surface area contributed by atoms with E-state index < -0.39 is 0 Å². The van der Waals surface area contributed by atoms with Crippen LogP contribution in [0, 0.1) is 0 Å². The highest BCUT2D eigenvalue weighted by Gasteiger charge is 2.21. The minimum absolute atomic E-state index is 0.0843. The number of aryl methyl sites for hydroxylation is 1. The van der Waals surface area contributed by atoms with E-state index in [9.17, 15) is 0 Å². The first-order chi connectivity index (χ1) is 9.45. The average Bonchev–Trinajstić information content (AvgIpc) is 2.97. The highest BCUT2D eigenvalue weighted by Crippen LogP contribution is 2.26. The van der Waals surface area contributed by atoms with Crippen molar-refractivity contribution >= 4 is 11.0 Å². The number of nitrogens with one attached hydrogen (secondary N) is 1. The van der Waals surface area contributed by atoms with Gasteiger partial charge in [-0.05, 0) is 43.5 Å². The third-order valence-corrected chi connectivity index (χ3v) is 4.26. The molecule has 2 heterocycles. The maximum atomic E-state index is 4.86. The molecule has 1 aromatic carbocycles. The zero-order valence-corrected chi connectivity index (χ0v) is 13.0. The fourth-order valence-electron chi connectivity index (χ4n) is 3.26. The molecule has 1 N–H and O–H groups in total. The second-order valence-electron chi connectivity index (χ2n) is 7.06. The van der Waals surface area contributed by atoms with Crippen LogP contribution in [-0.2, 0) is 18.9 Å². The van der Waals surface area contributed by atoms with Crippen LogP contribution in [-0.4, -0.2) is 22.1 Å². The Balaban J connectivity index is 1.94. The van der Waals surface area contributed by atoms with Crippen molar-refractivity contribution in [2.75, 3.05) is 6.54 Å². The number of imidazole rings is 1. The predicted molar refractivity (Wildman–Crippen MR) is 84.1 cm³/mol. The van der Waals surface area contributed by atoms with Crippen molar-refractivity contribution < 1.29 is 0 Å². The molecule has 2 aromatic rings. The summed E-state index contributed by atoms with van der Waals surface area (Å²) in [4.78, 5) is 4.86. The van der Waals surface area contributed by atoms with Gasteiger partial charge in [-0.1, -0.05) is 26.8 Å². The van der Waals surface area contributed by atoms with Gasteiger partial charge in [-0.3, -0.25) is 0 Å². The summed E-state index contributed by atoms with van der Waals surface area (Å²) >= 11 is 0. The molecule has 3 heteroatoms. The minimum Gasteiger partial charge on any atom is -0.331 e. The van der Waals surface area contributed by atoms with E-state index in [1.807, 2.05) is 0 Å². The van der Waals surface area contributed by atoms with Crippen molar-refractivity contribution in [3.05, 3.63) is 29.6 Å². The molecule has 1 fully saturated rings. The molecule has 108 valence electrons. The first-order valence-electron chi connectivity index (χ1n) is 7.64. The standard InChI is InChI=1S/C17H25N3/c1-17(2,3)16-19-14-11-12(7-8-15(14)20(16)4)10-13-6-5-9-18-13/h7-8,11,13,18H,5-6,9-10H2,1-4H3. The van der Waals surface area contributed by atoms with Crippen molar-refractivity contribution in [3.63, 3.8) is 0 Å². The van der Waals surface area contributed by atoms with Gasteiger partial charge in [-0.2, -0.15) is 0 Å². The summed E-state index contributed by atoms with van der Waals surface area (Å²) in [6.45, 7) is 7.83. The van der Waals surface area contributed by atoms with Crippen LogP contribution in [0.2, 0.25) is 0 Å². The summed E-state index contributed by atoms with van der Waals surface area (Å²) in [6, 6.07) is 7.40. The fourth-order valence-corrected chi connectivity index (χ4v) is 3.26. The number of hydrogen-bond acceptors (Lipinski definition) is 2. The van der Waals surface area contributed by atoms with Crippen LogP contribution >= 0.6 is 0 Å². The topological polar surface area (TPSA) is 29.9 Å². The Morgan fingerprint density at radius 2 is 2.15 bits per heavy atom. The lowest BCUT2D eigenvalue weighted by Crippen LogP contribution is -2.23. The lowest BCUT2D eigenvalue weighted by molar-refractivity contribution is 0.526. The van der Waals surface area contributed by atoms with Crippen LogP contribution in [0.1, 0.15) is 45.0 Å². The zero-order valence-electron chi connectivity index (χ0n) is 13.0. The van der Waals surface area contributed by atoms with Crippen molar-refractivity contribution in [3.8, 4) is 0 Å². The number of hydrogen-bond donors (Lipinski definition) is 1. The summed E-state index contributed by atoms with van der Waals surface area (Å²) in [5, 5.41) is 3.57. The molecule has 1 saturated heterocycles. The molecule has 1 aromatic heterocycles. The van der Waals surface area contributed by atoms with Crippen LogP contribution in [0.4, 0.5) is 0 Å². The highest BCUT2D eigenvalue weighted by molar-refractivity contribution is 5.77. The van der Waals surface area contributed by atoms with Gasteiger partial charge in [0.2, 0.25) is 0 Å². The van der Waals surface area contributed by atoms with Crippen molar-refractivity contribution in [1.82, 2.24) is 14.9 Å². The van der Waals surface area contributed by atoms with Crippen molar-refractivity contribution in [2.45, 2.75) is 51.5 Å². The summed E-state index contributed by atoms with van der Waals surface area (Å²) in [5.41, 5.74) is 3.85. The lowest BCUT2D eigenvalue weighted by Gasteiger charge is -2.17. The normalized spacial score (nSPS) is 19.9. The van der Waals surface area contributed by atoms with E-state index >= 15 is 0 Å². The molecular weight excluding hydrogens is 246 g/mol. The number of benzene rings is 1. The minimum atomic E-state index is 0.0843. The van der Waals surface area contributed by atoms with Crippen LogP contribution in [0.25, 0.3) is 11.0 Å². The van der Waals surface area contributed by atoms with Gasteiger partial charge < -0.3 is 9.88 Å². The fraction of sp³-hybridized carbons (Fsp3) is 0.588. The largest absolute Gasteiger partial charge is 0.331 e. The van der Waals surface area contributed by atoms with Crippen LogP contribution in [0.15, 0.2) is 18.2 Å². The predicted octanol–water partition coefficient (Wildman–Crippen LogP) is 3.17. The average molecular weight is 271 g/mol. The number of nitrogens with zero attached hydrogens (tertiary/aromatic N) is 2. The third-order valence-electron chi connectivity index (χ3n) is 4.26. The van der Waals surface area contributed by atoms with E-state index in [0.717, 1.165) is 17.8 Å². The first-order valence-corrected chi connectivity index (χ1v) is 7.64. The molecule has 0 spiro atoms. The molecule has 0 amide bonds. The molecular formula is C17H25N3. The molecule has 1 aliphatic rings. The van der Waals surface area contributed by atoms with Gasteiger partial charge in [0.15, 0.2) is 0 Å². The summed E-state index contributed by atoms with van der Waals surface area (Å²) < 4.78 is 2.23. The highest BCUT2D eigenvalue weighted by atomic mass is 15.1. The van der Waals surface area contributed by atoms with Gasteiger partial charge >= 0.3 is 0 Å². The van der Waals surface area contributed by atoms with Gasteiger partial charge in [0.05, 0.1) is 11.0 Å². The molecule has 3 nitrogen and oxygen atoms in total. The quantitative estimate of drug-likeness (QED) is 0.909. The van der Waals surface area contributed by atoms with E-state index in [1.54, 1.807) is 0 Å². The Labute approximate surface area is 121 Å². The second kappa shape index (κ2) is 4.88. The second-order valence-corrected chi connectivity index (χ2v) is 7.06. The van der Waals surface area contributed by atoms with E-state index in [2.05, 4.69) is 55.9 Å². The molecule has 3 rings (SSSR count). The number of fused-ring (bicyclic) bond motifs is 1. The molecule has 20 heavy (non-hydrogen) atoms. The molecule has 1 aliphatic heterocycles. The number of aromatic nitrogens is 2. The zero-order chi connectivity index (χ0) is 14.3. The number of rotatable bonds is 2. The Morgan fingerprint density at radius 1 is 1.35 bits per heavy atom. The van der Waals surface area contributed by atoms with Crippen LogP contribution < -0.4 is 5.32 Å². The molecule has 0 saturated carbocycles. The summed E-state index contributed by atoms with van der Waals surface area (Å²) in [5.74, 6) is 1.16. The third kappa shape index (κ3) is 2.47. The van der Waals surface area contributed by atoms with Gasteiger partial charge in [-0.15, -0.1) is 0 Å². The molecule has 1 unspecified atom stereocenters. The molecule has 1 atom stereocenters. The Hall–Kier alpha value is -1.35. The van der Waals surface area contributed by atoms with Gasteiger partial charge in [0.1, 0.15) is 5.82 Å². The SMILES string of the molecule is Cn1c(C(C)(C)C)nc2cc(CC3CCCN3)ccc21. The van der Waals surface area contributed by atoms with Crippen LogP contribution in [0.3, 0.4) is 0 Å². The molecule has 0 bridgehead atoms. The van der Waals surface area contributed by atoms with Gasteiger partial charge in [-0.25, -0.2) is 4.98 Å². The van der Waals surface area contributed by atoms with Gasteiger partial charge in [0.25, 0.3) is 0 Å². The molecule has 0 radical (unpaired) electrons. The monoisotopic (exact) mass is 271 g/mol. The Morgan fingerprint density at radius 3 is 2.80 bits per heavy atom. The van der Waals surface area contributed by atoms with E-state index in [-0.39, 0.29) is 5.41 Å². The molecule has 0 aliphatic carbocycles. The van der Waals surface area contributed by atoms with Gasteiger partial charge in [0, 0.05) is 18.5 Å². The summed E-state index contributed by atoms with van der Waals surface area (Å²) in [6.07, 6.45) is 3.73. The van der Waals surface area contributed by atoms with Crippen molar-refractivity contribution in [2.24, 2.45) is 7.05 Å². The van der Waals surface area contributed by atoms with Crippen molar-refractivity contribution in [1.29, 1.82) is 0 Å².